The third-order valence-corrected chi connectivity index (χ3v) is 1.90. The minimum Gasteiger partial charge on any atom is -0.374 e. The largest absolute Gasteiger partial charge is 0.374 e. The standard InChI is InChI=1S/C11H17FN2O/c1-11(2,3)15-7-10(13)8-4-5-14-6-9(8)12/h4-6,10H,7,13H2,1-3H3. The first-order valence-corrected chi connectivity index (χ1v) is 4.89. The van der Waals surface area contributed by atoms with Gasteiger partial charge in [-0.2, -0.15) is 0 Å². The third-order valence-electron chi connectivity index (χ3n) is 1.90. The molecule has 1 unspecified atom stereocenters. The minimum atomic E-state index is -0.452. The van der Waals surface area contributed by atoms with Crippen LogP contribution in [0.4, 0.5) is 4.39 Å². The summed E-state index contributed by atoms with van der Waals surface area (Å²) in [4.78, 5) is 3.66. The Labute approximate surface area is 89.5 Å². The van der Waals surface area contributed by atoms with Crippen molar-refractivity contribution in [3.63, 3.8) is 0 Å². The molecule has 1 aromatic heterocycles. The van der Waals surface area contributed by atoms with Gasteiger partial charge in [-0.1, -0.05) is 0 Å². The molecule has 0 amide bonds. The lowest BCUT2D eigenvalue weighted by Crippen LogP contribution is -2.26. The number of aromatic nitrogens is 1. The lowest BCUT2D eigenvalue weighted by atomic mass is 10.1. The van der Waals surface area contributed by atoms with E-state index in [1.807, 2.05) is 20.8 Å². The molecule has 3 nitrogen and oxygen atoms in total. The van der Waals surface area contributed by atoms with Gasteiger partial charge in [-0.3, -0.25) is 4.98 Å². The SMILES string of the molecule is CC(C)(C)OCC(N)c1ccncc1F. The smallest absolute Gasteiger partial charge is 0.146 e. The average Bonchev–Trinajstić information content (AvgIpc) is 2.14. The number of nitrogens with two attached hydrogens (primary N) is 1. The number of nitrogens with zero attached hydrogens (tertiary/aromatic N) is 1. The molecule has 84 valence electrons. The van der Waals surface area contributed by atoms with Gasteiger partial charge in [0.25, 0.3) is 0 Å². The van der Waals surface area contributed by atoms with Gasteiger partial charge in [-0.25, -0.2) is 4.39 Å². The molecule has 0 fully saturated rings. The van der Waals surface area contributed by atoms with Crippen LogP contribution in [0.1, 0.15) is 32.4 Å². The zero-order valence-corrected chi connectivity index (χ0v) is 9.33. The summed E-state index contributed by atoms with van der Waals surface area (Å²) in [5, 5.41) is 0. The van der Waals surface area contributed by atoms with Crippen molar-refractivity contribution in [1.29, 1.82) is 0 Å². The quantitative estimate of drug-likeness (QED) is 0.834. The number of pyridine rings is 1. The fourth-order valence-corrected chi connectivity index (χ4v) is 1.12. The Morgan fingerprint density at radius 1 is 1.53 bits per heavy atom. The molecule has 0 spiro atoms. The summed E-state index contributed by atoms with van der Waals surface area (Å²) < 4.78 is 18.8. The molecular formula is C11H17FN2O. The highest BCUT2D eigenvalue weighted by molar-refractivity contribution is 5.16. The van der Waals surface area contributed by atoms with Gasteiger partial charge in [0.05, 0.1) is 24.4 Å². The minimum absolute atomic E-state index is 0.263. The predicted molar refractivity (Wildman–Crippen MR) is 56.8 cm³/mol. The van der Waals surface area contributed by atoms with Crippen LogP contribution in [0.5, 0.6) is 0 Å². The van der Waals surface area contributed by atoms with E-state index in [2.05, 4.69) is 4.98 Å². The van der Waals surface area contributed by atoms with E-state index in [4.69, 9.17) is 10.5 Å². The van der Waals surface area contributed by atoms with Crippen LogP contribution in [-0.4, -0.2) is 17.2 Å². The van der Waals surface area contributed by atoms with Gasteiger partial charge in [-0.05, 0) is 26.8 Å². The number of ether oxygens (including phenoxy) is 1. The molecule has 1 atom stereocenters. The van der Waals surface area contributed by atoms with Crippen LogP contribution in [-0.2, 0) is 4.74 Å². The van der Waals surface area contributed by atoms with Crippen LogP contribution >= 0.6 is 0 Å². The summed E-state index contributed by atoms with van der Waals surface area (Å²) in [7, 11) is 0. The molecule has 0 bridgehead atoms. The van der Waals surface area contributed by atoms with E-state index in [0.29, 0.717) is 12.2 Å². The number of hydrogen-bond donors (Lipinski definition) is 1. The number of halogens is 1. The van der Waals surface area contributed by atoms with Crippen LogP contribution in [0.3, 0.4) is 0 Å². The highest BCUT2D eigenvalue weighted by Crippen LogP contribution is 2.16. The molecule has 4 heteroatoms. The predicted octanol–water partition coefficient (Wildman–Crippen LogP) is 2.04. The summed E-state index contributed by atoms with van der Waals surface area (Å²) in [6, 6.07) is 1.12. The Kier molecular flexibility index (Phi) is 3.77. The Morgan fingerprint density at radius 2 is 2.20 bits per heavy atom. The first-order chi connectivity index (χ1) is 6.90. The van der Waals surface area contributed by atoms with Crippen molar-refractivity contribution in [1.82, 2.24) is 4.98 Å². The van der Waals surface area contributed by atoms with Gasteiger partial charge < -0.3 is 10.5 Å². The maximum Gasteiger partial charge on any atom is 0.146 e. The fourth-order valence-electron chi connectivity index (χ4n) is 1.12. The van der Waals surface area contributed by atoms with Gasteiger partial charge >= 0.3 is 0 Å². The summed E-state index contributed by atoms with van der Waals surface area (Å²) >= 11 is 0. The molecule has 0 aliphatic rings. The van der Waals surface area contributed by atoms with Crippen molar-refractivity contribution in [3.05, 3.63) is 29.8 Å². The van der Waals surface area contributed by atoms with Crippen molar-refractivity contribution in [3.8, 4) is 0 Å². The maximum absolute atomic E-state index is 13.3. The van der Waals surface area contributed by atoms with Gasteiger partial charge in [-0.15, -0.1) is 0 Å². The molecular weight excluding hydrogens is 195 g/mol. The van der Waals surface area contributed by atoms with Crippen LogP contribution in [0.2, 0.25) is 0 Å². The highest BCUT2D eigenvalue weighted by Gasteiger charge is 2.16. The van der Waals surface area contributed by atoms with Gasteiger partial charge in [0, 0.05) is 11.8 Å². The van der Waals surface area contributed by atoms with Gasteiger partial charge in [0.2, 0.25) is 0 Å². The van der Waals surface area contributed by atoms with Crippen LogP contribution < -0.4 is 5.73 Å². The highest BCUT2D eigenvalue weighted by atomic mass is 19.1. The zero-order chi connectivity index (χ0) is 11.5. The first kappa shape index (κ1) is 12.1. The summed E-state index contributed by atoms with van der Waals surface area (Å²) in [6.45, 7) is 6.10. The maximum atomic E-state index is 13.3. The molecule has 0 saturated heterocycles. The molecule has 15 heavy (non-hydrogen) atoms. The van der Waals surface area contributed by atoms with Crippen molar-refractivity contribution in [2.75, 3.05) is 6.61 Å². The van der Waals surface area contributed by atoms with E-state index in [0.717, 1.165) is 6.20 Å². The molecule has 2 N–H and O–H groups in total. The zero-order valence-electron chi connectivity index (χ0n) is 9.33. The Hall–Kier alpha value is -1.00. The Bertz CT molecular complexity index is 323. The van der Waals surface area contributed by atoms with E-state index in [9.17, 15) is 4.39 Å². The third kappa shape index (κ3) is 3.93. The van der Waals surface area contributed by atoms with Crippen LogP contribution in [0.25, 0.3) is 0 Å². The van der Waals surface area contributed by atoms with Crippen molar-refractivity contribution in [2.45, 2.75) is 32.4 Å². The lowest BCUT2D eigenvalue weighted by Gasteiger charge is -2.22. The molecule has 1 rings (SSSR count). The Balaban J connectivity index is 2.62. The van der Waals surface area contributed by atoms with Gasteiger partial charge in [0.1, 0.15) is 5.82 Å². The van der Waals surface area contributed by atoms with Crippen LogP contribution in [0.15, 0.2) is 18.5 Å². The second-order valence-electron chi connectivity index (χ2n) is 4.43. The molecule has 0 aliphatic carbocycles. The Morgan fingerprint density at radius 3 is 2.73 bits per heavy atom. The lowest BCUT2D eigenvalue weighted by molar-refractivity contribution is -0.0106. The van der Waals surface area contributed by atoms with E-state index in [1.54, 1.807) is 6.07 Å². The molecule has 0 aliphatic heterocycles. The van der Waals surface area contributed by atoms with E-state index < -0.39 is 6.04 Å². The molecule has 0 saturated carbocycles. The molecule has 0 radical (unpaired) electrons. The molecule has 1 heterocycles. The van der Waals surface area contributed by atoms with Crippen LogP contribution in [0, 0.1) is 5.82 Å². The van der Waals surface area contributed by atoms with Crippen molar-refractivity contribution < 1.29 is 9.13 Å². The van der Waals surface area contributed by atoms with Crippen molar-refractivity contribution in [2.24, 2.45) is 5.73 Å². The van der Waals surface area contributed by atoms with E-state index in [1.165, 1.54) is 6.20 Å². The van der Waals surface area contributed by atoms with Gasteiger partial charge in [0.15, 0.2) is 0 Å². The number of hydrogen-bond acceptors (Lipinski definition) is 3. The summed E-state index contributed by atoms with van der Waals surface area (Å²) in [6.07, 6.45) is 2.68. The molecule has 1 aromatic rings. The van der Waals surface area contributed by atoms with Crippen molar-refractivity contribution >= 4 is 0 Å². The normalized spacial score (nSPS) is 13.9. The first-order valence-electron chi connectivity index (χ1n) is 4.89. The average molecular weight is 212 g/mol. The molecule has 0 aromatic carbocycles. The van der Waals surface area contributed by atoms with E-state index in [-0.39, 0.29) is 11.4 Å². The van der Waals surface area contributed by atoms with E-state index >= 15 is 0 Å². The monoisotopic (exact) mass is 212 g/mol. The number of rotatable bonds is 3. The second kappa shape index (κ2) is 4.68. The fraction of sp³-hybridized carbons (Fsp3) is 0.545. The second-order valence-corrected chi connectivity index (χ2v) is 4.43. The topological polar surface area (TPSA) is 48.1 Å². The summed E-state index contributed by atoms with van der Waals surface area (Å²) in [5.74, 6) is -0.387. The summed E-state index contributed by atoms with van der Waals surface area (Å²) in [5.41, 5.74) is 5.99.